The molecule has 0 unspecified atom stereocenters. The molecule has 9 heteroatoms. The smallest absolute Gasteiger partial charge is 0.269 e. The van der Waals surface area contributed by atoms with Gasteiger partial charge in [0.15, 0.2) is 0 Å². The molecule has 2 N–H and O–H groups in total. The highest BCUT2D eigenvalue weighted by atomic mass is 16.5. The van der Waals surface area contributed by atoms with E-state index in [4.69, 9.17) is 9.72 Å². The van der Waals surface area contributed by atoms with Crippen molar-refractivity contribution in [1.82, 2.24) is 25.2 Å². The molecule has 0 saturated carbocycles. The van der Waals surface area contributed by atoms with Gasteiger partial charge in [0.2, 0.25) is 5.88 Å². The number of carbonyl (C=O) groups excluding carboxylic acids is 1. The number of anilines is 1. The van der Waals surface area contributed by atoms with Gasteiger partial charge in [0.05, 0.1) is 29.5 Å². The second kappa shape index (κ2) is 8.82. The molecule has 9 nitrogen and oxygen atoms in total. The highest BCUT2D eigenvalue weighted by molar-refractivity contribution is 5.92. The van der Waals surface area contributed by atoms with Gasteiger partial charge in [0.25, 0.3) is 11.5 Å². The monoisotopic (exact) mass is 448 g/mol. The third-order valence-corrected chi connectivity index (χ3v) is 6.56. The Kier molecular flexibility index (Phi) is 5.72. The van der Waals surface area contributed by atoms with E-state index in [0.29, 0.717) is 30.6 Å². The van der Waals surface area contributed by atoms with E-state index in [1.165, 1.54) is 0 Å². The number of nitrogens with zero attached hydrogens (tertiary/aromatic N) is 4. The van der Waals surface area contributed by atoms with Crippen LogP contribution in [-0.2, 0) is 13.0 Å². The van der Waals surface area contributed by atoms with Crippen molar-refractivity contribution in [1.29, 1.82) is 0 Å². The lowest BCUT2D eigenvalue weighted by molar-refractivity contribution is 0.0958. The van der Waals surface area contributed by atoms with Gasteiger partial charge in [-0.1, -0.05) is 6.92 Å². The molecule has 1 fully saturated rings. The van der Waals surface area contributed by atoms with Crippen molar-refractivity contribution in [3.8, 4) is 5.88 Å². The maximum absolute atomic E-state index is 12.3. The van der Waals surface area contributed by atoms with Crippen LogP contribution in [-0.4, -0.2) is 65.1 Å². The number of piperazine rings is 1. The Morgan fingerprint density at radius 2 is 2.18 bits per heavy atom. The molecular weight excluding hydrogens is 420 g/mol. The standard InChI is InChI=1S/C24H28N6O3/c1-3-15-10-21-20(27-22(15)31)11-16-13-29-7-8-30(14-18(29)6-9-33-24(16)28-21)17-4-5-19(26-12-17)23(32)25-2/h4-5,10-12,18H,3,6-9,13-14H2,1-2H3,(H,25,32)(H,27,31)/t18-/m0/s1. The number of hydrogen-bond acceptors (Lipinski definition) is 7. The van der Waals surface area contributed by atoms with Crippen LogP contribution in [0, 0.1) is 0 Å². The third kappa shape index (κ3) is 4.16. The largest absolute Gasteiger partial charge is 0.477 e. The number of fused-ring (bicyclic) bond motifs is 3. The molecule has 2 aliphatic rings. The summed E-state index contributed by atoms with van der Waals surface area (Å²) in [7, 11) is 1.60. The van der Waals surface area contributed by atoms with Crippen molar-refractivity contribution in [2.75, 3.05) is 38.2 Å². The van der Waals surface area contributed by atoms with Crippen LogP contribution in [0.3, 0.4) is 0 Å². The van der Waals surface area contributed by atoms with E-state index in [0.717, 1.165) is 60.4 Å². The van der Waals surface area contributed by atoms with Crippen LogP contribution >= 0.6 is 0 Å². The highest BCUT2D eigenvalue weighted by Crippen LogP contribution is 2.29. The summed E-state index contributed by atoms with van der Waals surface area (Å²) in [6.45, 7) is 5.89. The summed E-state index contributed by atoms with van der Waals surface area (Å²) in [5.41, 5.74) is 4.62. The van der Waals surface area contributed by atoms with Crippen LogP contribution < -0.4 is 20.5 Å². The van der Waals surface area contributed by atoms with Gasteiger partial charge in [-0.15, -0.1) is 0 Å². The van der Waals surface area contributed by atoms with E-state index in [-0.39, 0.29) is 11.5 Å². The fraction of sp³-hybridized carbons (Fsp3) is 0.417. The van der Waals surface area contributed by atoms with Crippen molar-refractivity contribution >= 4 is 22.6 Å². The fourth-order valence-electron chi connectivity index (χ4n) is 4.65. The van der Waals surface area contributed by atoms with Crippen molar-refractivity contribution in [2.45, 2.75) is 32.4 Å². The summed E-state index contributed by atoms with van der Waals surface area (Å²) in [5.74, 6) is 0.474. The van der Waals surface area contributed by atoms with Gasteiger partial charge in [0, 0.05) is 50.4 Å². The number of amides is 1. The number of carbonyl (C=O) groups is 1. The first-order valence-electron chi connectivity index (χ1n) is 11.4. The summed E-state index contributed by atoms with van der Waals surface area (Å²) in [4.78, 5) is 40.8. The first-order valence-corrected chi connectivity index (χ1v) is 11.4. The van der Waals surface area contributed by atoms with Crippen LogP contribution in [0.15, 0.2) is 35.3 Å². The lowest BCUT2D eigenvalue weighted by Gasteiger charge is -2.43. The lowest BCUT2D eigenvalue weighted by Crippen LogP contribution is -2.53. The molecule has 0 aliphatic carbocycles. The molecule has 0 aromatic carbocycles. The Bertz CT molecular complexity index is 1240. The average Bonchev–Trinajstić information content (AvgIpc) is 2.83. The maximum Gasteiger partial charge on any atom is 0.269 e. The van der Waals surface area contributed by atoms with Gasteiger partial charge >= 0.3 is 0 Å². The van der Waals surface area contributed by atoms with E-state index in [9.17, 15) is 9.59 Å². The van der Waals surface area contributed by atoms with Crippen molar-refractivity contribution in [2.24, 2.45) is 0 Å². The zero-order valence-electron chi connectivity index (χ0n) is 18.9. The lowest BCUT2D eigenvalue weighted by atomic mass is 10.1. The molecule has 0 spiro atoms. The predicted molar refractivity (Wildman–Crippen MR) is 126 cm³/mol. The molecule has 3 aromatic rings. The summed E-state index contributed by atoms with van der Waals surface area (Å²) in [6, 6.07) is 7.91. The van der Waals surface area contributed by atoms with E-state index in [1.54, 1.807) is 19.3 Å². The second-order valence-electron chi connectivity index (χ2n) is 8.55. The fourth-order valence-corrected chi connectivity index (χ4v) is 4.65. The van der Waals surface area contributed by atoms with Gasteiger partial charge < -0.3 is 19.9 Å². The minimum absolute atomic E-state index is 0.0546. The Labute approximate surface area is 191 Å². The molecule has 1 atom stereocenters. The van der Waals surface area contributed by atoms with E-state index >= 15 is 0 Å². The first kappa shape index (κ1) is 21.4. The molecule has 33 heavy (non-hydrogen) atoms. The third-order valence-electron chi connectivity index (χ3n) is 6.56. The second-order valence-corrected chi connectivity index (χ2v) is 8.55. The number of aromatic amines is 1. The molecule has 1 amide bonds. The van der Waals surface area contributed by atoms with Crippen molar-refractivity contribution in [3.63, 3.8) is 0 Å². The van der Waals surface area contributed by atoms with Crippen LogP contribution in [0.25, 0.3) is 11.0 Å². The topological polar surface area (TPSA) is 103 Å². The van der Waals surface area contributed by atoms with Crippen LogP contribution in [0.5, 0.6) is 5.88 Å². The van der Waals surface area contributed by atoms with Crippen LogP contribution in [0.2, 0.25) is 0 Å². The average molecular weight is 449 g/mol. The van der Waals surface area contributed by atoms with Crippen molar-refractivity contribution < 1.29 is 9.53 Å². The summed E-state index contributed by atoms with van der Waals surface area (Å²) < 4.78 is 6.08. The predicted octanol–water partition coefficient (Wildman–Crippen LogP) is 1.71. The molecule has 0 radical (unpaired) electrons. The summed E-state index contributed by atoms with van der Waals surface area (Å²) in [5, 5.41) is 2.60. The van der Waals surface area contributed by atoms with Crippen molar-refractivity contribution in [3.05, 3.63) is 57.6 Å². The Morgan fingerprint density at radius 3 is 2.94 bits per heavy atom. The first-order chi connectivity index (χ1) is 16.1. The molecule has 0 bridgehead atoms. The number of ether oxygens (including phenoxy) is 1. The SMILES string of the molecule is CCc1cc2nc3c(cc2[nH]c1=O)CN1CCN(c2ccc(C(=O)NC)nc2)C[C@@H]1CCO3. The van der Waals surface area contributed by atoms with E-state index in [2.05, 4.69) is 25.1 Å². The Hall–Kier alpha value is -3.46. The quantitative estimate of drug-likeness (QED) is 0.629. The zero-order valence-corrected chi connectivity index (χ0v) is 18.9. The minimum Gasteiger partial charge on any atom is -0.477 e. The van der Waals surface area contributed by atoms with Gasteiger partial charge in [-0.3, -0.25) is 14.5 Å². The van der Waals surface area contributed by atoms with Gasteiger partial charge in [-0.25, -0.2) is 9.97 Å². The number of rotatable bonds is 3. The maximum atomic E-state index is 12.3. The Balaban J connectivity index is 1.36. The zero-order chi connectivity index (χ0) is 22.9. The molecule has 1 saturated heterocycles. The number of pyridine rings is 3. The summed E-state index contributed by atoms with van der Waals surface area (Å²) >= 11 is 0. The van der Waals surface area contributed by atoms with Gasteiger partial charge in [0.1, 0.15) is 5.69 Å². The van der Waals surface area contributed by atoms with Crippen LogP contribution in [0.4, 0.5) is 5.69 Å². The Morgan fingerprint density at radius 1 is 1.30 bits per heavy atom. The molecule has 172 valence electrons. The highest BCUT2D eigenvalue weighted by Gasteiger charge is 2.30. The molecule has 5 rings (SSSR count). The number of H-pyrrole nitrogens is 1. The number of nitrogens with one attached hydrogen (secondary N) is 2. The molecule has 3 aromatic heterocycles. The van der Waals surface area contributed by atoms with E-state index < -0.39 is 0 Å². The number of aryl methyl sites for hydroxylation is 1. The molecular formula is C24H28N6O3. The number of hydrogen-bond donors (Lipinski definition) is 2. The normalized spacial score (nSPS) is 18.6. The van der Waals surface area contributed by atoms with E-state index in [1.807, 2.05) is 25.1 Å². The van der Waals surface area contributed by atoms with Crippen LogP contribution in [0.1, 0.15) is 35.0 Å². The number of aromatic nitrogens is 3. The minimum atomic E-state index is -0.185. The van der Waals surface area contributed by atoms with Gasteiger partial charge in [-0.2, -0.15) is 0 Å². The molecule has 5 heterocycles. The van der Waals surface area contributed by atoms with Gasteiger partial charge in [-0.05, 0) is 37.1 Å². The molecule has 2 aliphatic heterocycles. The summed E-state index contributed by atoms with van der Waals surface area (Å²) in [6.07, 6.45) is 3.33.